The van der Waals surface area contributed by atoms with E-state index in [-0.39, 0.29) is 5.92 Å². The molecular formula is C23H25ClOSi. The van der Waals surface area contributed by atoms with Crippen molar-refractivity contribution in [2.24, 2.45) is 0 Å². The second-order valence-electron chi connectivity index (χ2n) is 7.16. The smallest absolute Gasteiger partial charge is 0.185 e. The fourth-order valence-electron chi connectivity index (χ4n) is 3.53. The Kier molecular flexibility index (Phi) is 5.54. The van der Waals surface area contributed by atoms with Crippen LogP contribution in [0.15, 0.2) is 72.8 Å². The zero-order valence-corrected chi connectivity index (χ0v) is 17.5. The number of benzene rings is 3. The highest BCUT2D eigenvalue weighted by molar-refractivity contribution is 7.26. The summed E-state index contributed by atoms with van der Waals surface area (Å²) in [6.45, 7) is 6.43. The molecule has 0 amide bonds. The predicted octanol–water partition coefficient (Wildman–Crippen LogP) is 5.83. The second-order valence-corrected chi connectivity index (χ2v) is 13.5. The molecule has 3 heteroatoms. The van der Waals surface area contributed by atoms with Crippen molar-refractivity contribution in [3.8, 4) is 5.75 Å². The average Bonchev–Trinajstić information content (AvgIpc) is 2.63. The Bertz CT molecular complexity index is 830. The van der Waals surface area contributed by atoms with Crippen LogP contribution >= 0.6 is 11.1 Å². The van der Waals surface area contributed by atoms with E-state index < -0.39 is 7.38 Å². The van der Waals surface area contributed by atoms with Crippen LogP contribution in [0.25, 0.3) is 0 Å². The van der Waals surface area contributed by atoms with Crippen molar-refractivity contribution in [2.45, 2.75) is 25.9 Å². The van der Waals surface area contributed by atoms with Gasteiger partial charge < -0.3 is 4.74 Å². The summed E-state index contributed by atoms with van der Waals surface area (Å²) >= 11 is 6.84. The number of ether oxygens (including phenoxy) is 1. The molecule has 0 saturated carbocycles. The lowest BCUT2D eigenvalue weighted by molar-refractivity contribution is 0.412. The highest BCUT2D eigenvalue weighted by Crippen LogP contribution is 2.38. The van der Waals surface area contributed by atoms with Crippen LogP contribution < -0.4 is 9.92 Å². The Morgan fingerprint density at radius 3 is 1.77 bits per heavy atom. The van der Waals surface area contributed by atoms with Crippen molar-refractivity contribution < 1.29 is 4.74 Å². The molecule has 0 N–H and O–H groups in total. The molecule has 26 heavy (non-hydrogen) atoms. The predicted molar refractivity (Wildman–Crippen MR) is 115 cm³/mol. The van der Waals surface area contributed by atoms with E-state index in [0.717, 1.165) is 10.9 Å². The van der Waals surface area contributed by atoms with Gasteiger partial charge in [-0.25, -0.2) is 0 Å². The third-order valence-electron chi connectivity index (χ3n) is 4.68. The maximum Gasteiger partial charge on any atom is 0.185 e. The van der Waals surface area contributed by atoms with Crippen LogP contribution in [-0.4, -0.2) is 14.5 Å². The first-order valence-corrected chi connectivity index (χ1v) is 12.9. The Morgan fingerprint density at radius 1 is 0.846 bits per heavy atom. The number of hydrogen-bond acceptors (Lipinski definition) is 1. The largest absolute Gasteiger partial charge is 0.497 e. The number of hydrogen-bond donors (Lipinski definition) is 0. The lowest BCUT2D eigenvalue weighted by atomic mass is 9.84. The molecule has 0 aliphatic carbocycles. The van der Waals surface area contributed by atoms with Crippen molar-refractivity contribution in [3.05, 3.63) is 95.1 Å². The summed E-state index contributed by atoms with van der Waals surface area (Å²) in [6.07, 6.45) is 0. The molecule has 3 aromatic carbocycles. The lowest BCUT2D eigenvalue weighted by Crippen LogP contribution is -2.37. The minimum absolute atomic E-state index is 0.110. The van der Waals surface area contributed by atoms with E-state index in [1.54, 1.807) is 7.11 Å². The lowest BCUT2D eigenvalue weighted by Gasteiger charge is -2.26. The molecule has 0 unspecified atom stereocenters. The third-order valence-corrected chi connectivity index (χ3v) is 6.95. The van der Waals surface area contributed by atoms with Crippen molar-refractivity contribution in [3.63, 3.8) is 0 Å². The molecule has 0 atom stereocenters. The summed E-state index contributed by atoms with van der Waals surface area (Å²) in [6, 6.07) is 25.6. The Hall–Kier alpha value is -2.03. The molecule has 0 aromatic heterocycles. The van der Waals surface area contributed by atoms with Crippen LogP contribution in [-0.2, 0) is 0 Å². The van der Waals surface area contributed by atoms with Gasteiger partial charge in [-0.3, -0.25) is 0 Å². The quantitative estimate of drug-likeness (QED) is 0.307. The summed E-state index contributed by atoms with van der Waals surface area (Å²) in [5.74, 6) is 1.04. The molecule has 0 fully saturated rings. The number of aryl methyl sites for hydroxylation is 1. The molecule has 0 aliphatic heterocycles. The molecule has 3 aromatic rings. The first kappa shape index (κ1) is 18.7. The van der Waals surface area contributed by atoms with Gasteiger partial charge in [0.25, 0.3) is 0 Å². The van der Waals surface area contributed by atoms with Gasteiger partial charge in [0.05, 0.1) is 7.11 Å². The Morgan fingerprint density at radius 2 is 1.35 bits per heavy atom. The van der Waals surface area contributed by atoms with Gasteiger partial charge in [-0.2, -0.15) is 11.1 Å². The van der Waals surface area contributed by atoms with Crippen molar-refractivity contribution in [2.75, 3.05) is 7.11 Å². The number of rotatable bonds is 5. The maximum atomic E-state index is 6.84. The third kappa shape index (κ3) is 3.87. The molecule has 0 saturated heterocycles. The Balaban J connectivity index is 2.30. The highest BCUT2D eigenvalue weighted by atomic mass is 35.6. The molecule has 1 nitrogen and oxygen atoms in total. The number of methoxy groups -OCH3 is 1. The topological polar surface area (TPSA) is 9.23 Å². The molecule has 0 bridgehead atoms. The van der Waals surface area contributed by atoms with Crippen LogP contribution in [0.1, 0.15) is 28.2 Å². The van der Waals surface area contributed by atoms with E-state index in [1.807, 2.05) is 0 Å². The van der Waals surface area contributed by atoms with Crippen LogP contribution in [0.3, 0.4) is 0 Å². The second kappa shape index (κ2) is 7.69. The maximum absolute atomic E-state index is 6.84. The zero-order chi connectivity index (χ0) is 18.7. The fraction of sp³-hybridized carbons (Fsp3) is 0.217. The number of halogens is 1. The van der Waals surface area contributed by atoms with Gasteiger partial charge in [0.2, 0.25) is 0 Å². The van der Waals surface area contributed by atoms with Crippen molar-refractivity contribution >= 4 is 23.6 Å². The minimum atomic E-state index is -2.06. The molecular weight excluding hydrogens is 356 g/mol. The Labute approximate surface area is 162 Å². The fourth-order valence-corrected chi connectivity index (χ4v) is 5.31. The van der Waals surface area contributed by atoms with E-state index in [2.05, 4.69) is 92.8 Å². The van der Waals surface area contributed by atoms with E-state index in [1.165, 1.54) is 22.3 Å². The summed E-state index contributed by atoms with van der Waals surface area (Å²) < 4.78 is 5.93. The van der Waals surface area contributed by atoms with Gasteiger partial charge in [-0.05, 0) is 23.2 Å². The van der Waals surface area contributed by atoms with Gasteiger partial charge in [0.1, 0.15) is 5.75 Å². The summed E-state index contributed by atoms with van der Waals surface area (Å²) in [5.41, 5.74) is 4.90. The van der Waals surface area contributed by atoms with Crippen LogP contribution in [0.4, 0.5) is 0 Å². The average molecular weight is 381 g/mol. The summed E-state index contributed by atoms with van der Waals surface area (Å²) in [7, 11) is -0.310. The molecule has 0 spiro atoms. The van der Waals surface area contributed by atoms with Crippen LogP contribution in [0.2, 0.25) is 13.1 Å². The standard InChI is InChI=1S/C23H25ClOSi/c1-17-15-20(23(25-2)21(16-17)26(3,4)24)22(18-11-7-5-8-12-18)19-13-9-6-10-14-19/h5-16,22H,1-4H3. The van der Waals surface area contributed by atoms with Crippen molar-refractivity contribution in [1.82, 2.24) is 0 Å². The summed E-state index contributed by atoms with van der Waals surface area (Å²) in [4.78, 5) is 0. The van der Waals surface area contributed by atoms with Crippen LogP contribution in [0, 0.1) is 6.92 Å². The molecule has 3 rings (SSSR count). The first-order valence-electron chi connectivity index (χ1n) is 8.89. The van der Waals surface area contributed by atoms with Gasteiger partial charge >= 0.3 is 0 Å². The van der Waals surface area contributed by atoms with E-state index in [9.17, 15) is 0 Å². The zero-order valence-electron chi connectivity index (χ0n) is 15.8. The summed E-state index contributed by atoms with van der Waals surface area (Å²) in [5, 5.41) is 1.16. The first-order chi connectivity index (χ1) is 12.4. The molecule has 0 heterocycles. The van der Waals surface area contributed by atoms with E-state index in [0.29, 0.717) is 0 Å². The van der Waals surface area contributed by atoms with Crippen LogP contribution in [0.5, 0.6) is 5.75 Å². The molecule has 0 aliphatic rings. The molecule has 0 radical (unpaired) electrons. The SMILES string of the molecule is COc1c(C(c2ccccc2)c2ccccc2)cc(C)cc1[Si](C)(C)Cl. The normalized spacial score (nSPS) is 11.6. The monoisotopic (exact) mass is 380 g/mol. The minimum Gasteiger partial charge on any atom is -0.497 e. The van der Waals surface area contributed by atoms with E-state index in [4.69, 9.17) is 15.8 Å². The van der Waals surface area contributed by atoms with Gasteiger partial charge in [-0.1, -0.05) is 91.5 Å². The molecule has 134 valence electrons. The van der Waals surface area contributed by atoms with Gasteiger partial charge in [0.15, 0.2) is 7.38 Å². The van der Waals surface area contributed by atoms with Gasteiger partial charge in [-0.15, -0.1) is 0 Å². The van der Waals surface area contributed by atoms with E-state index >= 15 is 0 Å². The highest BCUT2D eigenvalue weighted by Gasteiger charge is 2.30. The van der Waals surface area contributed by atoms with Crippen molar-refractivity contribution in [1.29, 1.82) is 0 Å². The van der Waals surface area contributed by atoms with Gasteiger partial charge in [0, 0.05) is 11.5 Å².